The molecule has 0 saturated heterocycles. The van der Waals surface area contributed by atoms with E-state index in [9.17, 15) is 9.59 Å². The first kappa shape index (κ1) is 14.7. The summed E-state index contributed by atoms with van der Waals surface area (Å²) in [5.41, 5.74) is 1.08. The van der Waals surface area contributed by atoms with Crippen molar-refractivity contribution in [3.05, 3.63) is 47.4 Å². The monoisotopic (exact) mass is 318 g/mol. The molecule has 0 radical (unpaired) electrons. The Bertz CT molecular complexity index is 712. The van der Waals surface area contributed by atoms with Crippen LogP contribution in [0.25, 0.3) is 0 Å². The Morgan fingerprint density at radius 3 is 2.77 bits per heavy atom. The predicted octanol–water partition coefficient (Wildman–Crippen LogP) is 3.63. The molecule has 1 aromatic heterocycles. The zero-order valence-electron chi connectivity index (χ0n) is 11.9. The van der Waals surface area contributed by atoms with E-state index < -0.39 is 0 Å². The smallest absolute Gasteiger partial charge is 0.228 e. The van der Waals surface area contributed by atoms with Gasteiger partial charge in [0, 0.05) is 24.4 Å². The van der Waals surface area contributed by atoms with Crippen molar-refractivity contribution in [3.8, 4) is 0 Å². The van der Waals surface area contributed by atoms with Gasteiger partial charge in [0.05, 0.1) is 17.0 Å². The van der Waals surface area contributed by atoms with Crippen LogP contribution in [0.1, 0.15) is 25.0 Å². The average Bonchev–Trinajstić information content (AvgIpc) is 3.08. The molecule has 6 heteroatoms. The van der Waals surface area contributed by atoms with Crippen molar-refractivity contribution in [1.82, 2.24) is 0 Å². The van der Waals surface area contributed by atoms with Gasteiger partial charge in [-0.15, -0.1) is 0 Å². The van der Waals surface area contributed by atoms with Gasteiger partial charge in [0.15, 0.2) is 0 Å². The minimum absolute atomic E-state index is 0.0942. The molecule has 0 spiro atoms. The standard InChI is InChI=1S/C16H15ClN2O3/c1-9(20)18-10-4-5-13(17)14(7-10)19-16(21)12-8-11(12)15-3-2-6-22-15/h2-7,11-12H,8H2,1H3,(H,18,20)(H,19,21)/t11-,12-/m0/s1. The van der Waals surface area contributed by atoms with E-state index in [1.807, 2.05) is 12.1 Å². The number of benzene rings is 1. The van der Waals surface area contributed by atoms with E-state index in [1.165, 1.54) is 6.92 Å². The van der Waals surface area contributed by atoms with Crippen LogP contribution in [0.15, 0.2) is 41.0 Å². The number of carbonyl (C=O) groups excluding carboxylic acids is 2. The minimum Gasteiger partial charge on any atom is -0.469 e. The fourth-order valence-corrected chi connectivity index (χ4v) is 2.59. The fourth-order valence-electron chi connectivity index (χ4n) is 2.43. The molecule has 0 bridgehead atoms. The van der Waals surface area contributed by atoms with Gasteiger partial charge in [-0.1, -0.05) is 11.6 Å². The molecule has 5 nitrogen and oxygen atoms in total. The van der Waals surface area contributed by atoms with E-state index in [0.29, 0.717) is 16.4 Å². The van der Waals surface area contributed by atoms with Crippen molar-refractivity contribution in [2.45, 2.75) is 19.3 Å². The first-order valence-electron chi connectivity index (χ1n) is 6.96. The van der Waals surface area contributed by atoms with Crippen molar-refractivity contribution < 1.29 is 14.0 Å². The Kier molecular flexibility index (Phi) is 3.90. The van der Waals surface area contributed by atoms with Crippen LogP contribution in [-0.2, 0) is 9.59 Å². The molecule has 1 aromatic carbocycles. The second kappa shape index (κ2) is 5.85. The number of halogens is 1. The number of hydrogen-bond donors (Lipinski definition) is 2. The molecule has 1 fully saturated rings. The zero-order chi connectivity index (χ0) is 15.7. The highest BCUT2D eigenvalue weighted by Crippen LogP contribution is 2.48. The summed E-state index contributed by atoms with van der Waals surface area (Å²) in [6, 6.07) is 8.66. The third kappa shape index (κ3) is 3.14. The van der Waals surface area contributed by atoms with Crippen LogP contribution in [0.4, 0.5) is 11.4 Å². The molecular weight excluding hydrogens is 304 g/mol. The number of hydrogen-bond acceptors (Lipinski definition) is 3. The summed E-state index contributed by atoms with van der Waals surface area (Å²) in [4.78, 5) is 23.3. The zero-order valence-corrected chi connectivity index (χ0v) is 12.7. The molecule has 2 N–H and O–H groups in total. The molecule has 22 heavy (non-hydrogen) atoms. The summed E-state index contributed by atoms with van der Waals surface area (Å²) in [7, 11) is 0. The van der Waals surface area contributed by atoms with Crippen LogP contribution in [0, 0.1) is 5.92 Å². The third-order valence-electron chi connectivity index (χ3n) is 3.58. The van der Waals surface area contributed by atoms with Crippen LogP contribution in [-0.4, -0.2) is 11.8 Å². The van der Waals surface area contributed by atoms with Crippen molar-refractivity contribution in [1.29, 1.82) is 0 Å². The summed E-state index contributed by atoms with van der Waals surface area (Å²) in [5, 5.41) is 5.90. The molecule has 0 unspecified atom stereocenters. The lowest BCUT2D eigenvalue weighted by atomic mass is 10.2. The maximum atomic E-state index is 12.3. The molecule has 2 atom stereocenters. The van der Waals surface area contributed by atoms with Gasteiger partial charge in [-0.2, -0.15) is 0 Å². The Morgan fingerprint density at radius 2 is 2.09 bits per heavy atom. The van der Waals surface area contributed by atoms with Gasteiger partial charge in [-0.05, 0) is 36.8 Å². The number of amides is 2. The summed E-state index contributed by atoms with van der Waals surface area (Å²) in [6.07, 6.45) is 2.37. The van der Waals surface area contributed by atoms with E-state index in [-0.39, 0.29) is 23.7 Å². The molecule has 1 saturated carbocycles. The number of nitrogens with one attached hydrogen (secondary N) is 2. The molecule has 2 aromatic rings. The molecule has 114 valence electrons. The number of rotatable bonds is 4. The molecule has 3 rings (SSSR count). The number of furan rings is 1. The second-order valence-corrected chi connectivity index (χ2v) is 5.74. The summed E-state index contributed by atoms with van der Waals surface area (Å²) >= 11 is 6.09. The van der Waals surface area contributed by atoms with Crippen LogP contribution in [0.2, 0.25) is 5.02 Å². The second-order valence-electron chi connectivity index (χ2n) is 5.33. The first-order valence-corrected chi connectivity index (χ1v) is 7.34. The minimum atomic E-state index is -0.181. The van der Waals surface area contributed by atoms with E-state index in [2.05, 4.69) is 10.6 Å². The maximum Gasteiger partial charge on any atom is 0.228 e. The fraction of sp³-hybridized carbons (Fsp3) is 0.250. The largest absolute Gasteiger partial charge is 0.469 e. The quantitative estimate of drug-likeness (QED) is 0.904. The summed E-state index contributed by atoms with van der Waals surface area (Å²) in [6.45, 7) is 1.42. The van der Waals surface area contributed by atoms with E-state index >= 15 is 0 Å². The van der Waals surface area contributed by atoms with Crippen LogP contribution < -0.4 is 10.6 Å². The Morgan fingerprint density at radius 1 is 1.27 bits per heavy atom. The Balaban J connectivity index is 1.68. The van der Waals surface area contributed by atoms with Crippen molar-refractivity contribution in [3.63, 3.8) is 0 Å². The topological polar surface area (TPSA) is 71.3 Å². The van der Waals surface area contributed by atoms with Crippen LogP contribution >= 0.6 is 11.6 Å². The lowest BCUT2D eigenvalue weighted by molar-refractivity contribution is -0.117. The molecular formula is C16H15ClN2O3. The number of anilines is 2. The Labute approximate surface area is 132 Å². The SMILES string of the molecule is CC(=O)Nc1ccc(Cl)c(NC(=O)[C@H]2C[C@@H]2c2ccco2)c1. The predicted molar refractivity (Wildman–Crippen MR) is 83.9 cm³/mol. The van der Waals surface area contributed by atoms with Crippen molar-refractivity contribution >= 4 is 34.8 Å². The molecule has 0 aliphatic heterocycles. The van der Waals surface area contributed by atoms with Gasteiger partial charge in [-0.25, -0.2) is 0 Å². The Hall–Kier alpha value is -2.27. The van der Waals surface area contributed by atoms with Gasteiger partial charge >= 0.3 is 0 Å². The normalized spacial score (nSPS) is 19.5. The van der Waals surface area contributed by atoms with E-state index in [1.54, 1.807) is 24.5 Å². The van der Waals surface area contributed by atoms with Gasteiger partial charge in [-0.3, -0.25) is 9.59 Å². The lowest BCUT2D eigenvalue weighted by Crippen LogP contribution is -2.15. The summed E-state index contributed by atoms with van der Waals surface area (Å²) < 4.78 is 5.32. The van der Waals surface area contributed by atoms with Gasteiger partial charge in [0.1, 0.15) is 5.76 Å². The molecule has 1 aliphatic carbocycles. The highest BCUT2D eigenvalue weighted by atomic mass is 35.5. The van der Waals surface area contributed by atoms with E-state index in [0.717, 1.165) is 12.2 Å². The average molecular weight is 319 g/mol. The van der Waals surface area contributed by atoms with Crippen molar-refractivity contribution in [2.75, 3.05) is 10.6 Å². The number of carbonyl (C=O) groups is 2. The lowest BCUT2D eigenvalue weighted by Gasteiger charge is -2.09. The molecule has 1 aliphatic rings. The van der Waals surface area contributed by atoms with Crippen LogP contribution in [0.5, 0.6) is 0 Å². The van der Waals surface area contributed by atoms with E-state index in [4.69, 9.17) is 16.0 Å². The first-order chi connectivity index (χ1) is 10.5. The highest BCUT2D eigenvalue weighted by molar-refractivity contribution is 6.34. The molecule has 2 amide bonds. The maximum absolute atomic E-state index is 12.3. The highest BCUT2D eigenvalue weighted by Gasteiger charge is 2.45. The van der Waals surface area contributed by atoms with Crippen molar-refractivity contribution in [2.24, 2.45) is 5.92 Å². The van der Waals surface area contributed by atoms with Gasteiger partial charge in [0.2, 0.25) is 11.8 Å². The van der Waals surface area contributed by atoms with Crippen LogP contribution in [0.3, 0.4) is 0 Å². The third-order valence-corrected chi connectivity index (χ3v) is 3.91. The van der Waals surface area contributed by atoms with Gasteiger partial charge < -0.3 is 15.1 Å². The summed E-state index contributed by atoms with van der Waals surface area (Å²) in [5.74, 6) is 0.583. The molecule has 1 heterocycles. The van der Waals surface area contributed by atoms with Gasteiger partial charge in [0.25, 0.3) is 0 Å².